The Morgan fingerprint density at radius 3 is 2.12 bits per heavy atom. The van der Waals surface area contributed by atoms with Crippen molar-refractivity contribution in [3.05, 3.63) is 29.1 Å². The van der Waals surface area contributed by atoms with Gasteiger partial charge in [-0.25, -0.2) is 17.1 Å². The van der Waals surface area contributed by atoms with Crippen molar-refractivity contribution in [1.29, 1.82) is 0 Å². The van der Waals surface area contributed by atoms with E-state index >= 15 is 0 Å². The van der Waals surface area contributed by atoms with Crippen LogP contribution in [-0.4, -0.2) is 26.3 Å². The minimum absolute atomic E-state index is 0.217. The SMILES string of the molecule is CCCN(C)S(=O)(=O)c1c(C)cc(F)cc1C. The molecule has 0 N–H and O–H groups in total. The van der Waals surface area contributed by atoms with E-state index in [1.165, 1.54) is 16.4 Å². The maximum atomic E-state index is 13.1. The molecule has 0 fully saturated rings. The Hall–Kier alpha value is -0.940. The number of rotatable bonds is 4. The number of hydrogen-bond acceptors (Lipinski definition) is 2. The zero-order chi connectivity index (χ0) is 13.2. The van der Waals surface area contributed by atoms with Crippen LogP contribution in [0.3, 0.4) is 0 Å². The fourth-order valence-electron chi connectivity index (χ4n) is 1.90. The van der Waals surface area contributed by atoms with Gasteiger partial charge in [0, 0.05) is 13.6 Å². The first-order valence-electron chi connectivity index (χ1n) is 5.53. The lowest BCUT2D eigenvalue weighted by Gasteiger charge is -2.19. The third kappa shape index (κ3) is 2.84. The number of nitrogens with zero attached hydrogens (tertiary/aromatic N) is 1. The minimum Gasteiger partial charge on any atom is -0.207 e. The van der Waals surface area contributed by atoms with E-state index in [2.05, 4.69) is 0 Å². The van der Waals surface area contributed by atoms with Gasteiger partial charge in [-0.1, -0.05) is 6.92 Å². The summed E-state index contributed by atoms with van der Waals surface area (Å²) in [5.74, 6) is -0.405. The van der Waals surface area contributed by atoms with Crippen LogP contribution in [0, 0.1) is 19.7 Å². The summed E-state index contributed by atoms with van der Waals surface area (Å²) in [7, 11) is -1.97. The number of benzene rings is 1. The molecule has 96 valence electrons. The van der Waals surface area contributed by atoms with Gasteiger partial charge in [-0.05, 0) is 43.5 Å². The van der Waals surface area contributed by atoms with E-state index in [4.69, 9.17) is 0 Å². The van der Waals surface area contributed by atoms with Crippen LogP contribution in [0.2, 0.25) is 0 Å². The highest BCUT2D eigenvalue weighted by Crippen LogP contribution is 2.24. The van der Waals surface area contributed by atoms with Gasteiger partial charge in [0.1, 0.15) is 5.82 Å². The Kier molecular flexibility index (Phi) is 4.27. The van der Waals surface area contributed by atoms with Gasteiger partial charge in [0.15, 0.2) is 0 Å². The van der Waals surface area contributed by atoms with Crippen LogP contribution in [0.25, 0.3) is 0 Å². The maximum Gasteiger partial charge on any atom is 0.243 e. The van der Waals surface area contributed by atoms with Crippen LogP contribution in [0.4, 0.5) is 4.39 Å². The topological polar surface area (TPSA) is 37.4 Å². The lowest BCUT2D eigenvalue weighted by molar-refractivity contribution is 0.467. The van der Waals surface area contributed by atoms with Gasteiger partial charge in [0.05, 0.1) is 4.90 Å². The molecule has 0 spiro atoms. The van der Waals surface area contributed by atoms with Crippen molar-refractivity contribution in [2.75, 3.05) is 13.6 Å². The standard InChI is InChI=1S/C12H18FNO2S/c1-5-6-14(4)17(15,16)12-9(2)7-11(13)8-10(12)3/h7-8H,5-6H2,1-4H3. The fraction of sp³-hybridized carbons (Fsp3) is 0.500. The summed E-state index contributed by atoms with van der Waals surface area (Å²) in [5.41, 5.74) is 0.899. The average Bonchev–Trinajstić information content (AvgIpc) is 2.15. The molecule has 0 bridgehead atoms. The van der Waals surface area contributed by atoms with E-state index in [1.807, 2.05) is 6.92 Å². The van der Waals surface area contributed by atoms with Gasteiger partial charge in [-0.15, -0.1) is 0 Å². The molecular formula is C12H18FNO2S. The van der Waals surface area contributed by atoms with Crippen LogP contribution >= 0.6 is 0 Å². The molecule has 0 aliphatic carbocycles. The largest absolute Gasteiger partial charge is 0.243 e. The molecule has 0 saturated heterocycles. The first kappa shape index (κ1) is 14.1. The highest BCUT2D eigenvalue weighted by Gasteiger charge is 2.24. The fourth-order valence-corrected chi connectivity index (χ4v) is 3.56. The predicted octanol–water partition coefficient (Wildman–Crippen LogP) is 2.47. The molecule has 0 saturated carbocycles. The van der Waals surface area contributed by atoms with E-state index in [1.54, 1.807) is 20.9 Å². The lowest BCUT2D eigenvalue weighted by atomic mass is 10.1. The van der Waals surface area contributed by atoms with Crippen molar-refractivity contribution >= 4 is 10.0 Å². The molecule has 1 rings (SSSR count). The van der Waals surface area contributed by atoms with Gasteiger partial charge in [0.2, 0.25) is 10.0 Å². The van der Waals surface area contributed by atoms with Crippen molar-refractivity contribution < 1.29 is 12.8 Å². The van der Waals surface area contributed by atoms with Gasteiger partial charge in [0.25, 0.3) is 0 Å². The molecule has 17 heavy (non-hydrogen) atoms. The van der Waals surface area contributed by atoms with Gasteiger partial charge < -0.3 is 0 Å². The normalized spacial score (nSPS) is 12.1. The highest BCUT2D eigenvalue weighted by molar-refractivity contribution is 7.89. The van der Waals surface area contributed by atoms with E-state index in [0.29, 0.717) is 17.7 Å². The molecule has 0 amide bonds. The monoisotopic (exact) mass is 259 g/mol. The third-order valence-electron chi connectivity index (χ3n) is 2.63. The molecule has 0 aliphatic heterocycles. The molecule has 5 heteroatoms. The molecule has 3 nitrogen and oxygen atoms in total. The van der Waals surface area contributed by atoms with Crippen molar-refractivity contribution in [3.63, 3.8) is 0 Å². The highest BCUT2D eigenvalue weighted by atomic mass is 32.2. The average molecular weight is 259 g/mol. The molecule has 0 aliphatic rings. The first-order valence-corrected chi connectivity index (χ1v) is 6.97. The lowest BCUT2D eigenvalue weighted by Crippen LogP contribution is -2.28. The quantitative estimate of drug-likeness (QED) is 0.833. The zero-order valence-electron chi connectivity index (χ0n) is 10.6. The van der Waals surface area contributed by atoms with Crippen molar-refractivity contribution in [2.45, 2.75) is 32.1 Å². The van der Waals surface area contributed by atoms with E-state index in [0.717, 1.165) is 6.42 Å². The summed E-state index contributed by atoms with van der Waals surface area (Å²) < 4.78 is 39.0. The van der Waals surface area contributed by atoms with Crippen LogP contribution < -0.4 is 0 Å². The van der Waals surface area contributed by atoms with Gasteiger partial charge in [-0.2, -0.15) is 0 Å². The molecule has 0 atom stereocenters. The number of aryl methyl sites for hydroxylation is 2. The molecule has 0 unspecified atom stereocenters. The zero-order valence-corrected chi connectivity index (χ0v) is 11.4. The van der Waals surface area contributed by atoms with Gasteiger partial charge in [-0.3, -0.25) is 0 Å². The van der Waals surface area contributed by atoms with Gasteiger partial charge >= 0.3 is 0 Å². The molecule has 1 aromatic rings. The second-order valence-corrected chi connectivity index (χ2v) is 6.18. The molecule has 0 radical (unpaired) electrons. The Balaban J connectivity index is 3.34. The Bertz CT molecular complexity index is 488. The Morgan fingerprint density at radius 1 is 1.24 bits per heavy atom. The Morgan fingerprint density at radius 2 is 1.71 bits per heavy atom. The molecular weight excluding hydrogens is 241 g/mol. The summed E-state index contributed by atoms with van der Waals surface area (Å²) in [6, 6.07) is 2.50. The molecule has 0 heterocycles. The smallest absolute Gasteiger partial charge is 0.207 e. The van der Waals surface area contributed by atoms with E-state index in [9.17, 15) is 12.8 Å². The summed E-state index contributed by atoms with van der Waals surface area (Å²) in [6.45, 7) is 5.60. The van der Waals surface area contributed by atoms with Crippen molar-refractivity contribution in [1.82, 2.24) is 4.31 Å². The predicted molar refractivity (Wildman–Crippen MR) is 66.0 cm³/mol. The third-order valence-corrected chi connectivity index (χ3v) is 4.79. The molecule has 0 aromatic heterocycles. The van der Waals surface area contributed by atoms with Crippen molar-refractivity contribution in [2.24, 2.45) is 0 Å². The summed E-state index contributed by atoms with van der Waals surface area (Å²) in [4.78, 5) is 0.217. The number of sulfonamides is 1. The van der Waals surface area contributed by atoms with Crippen LogP contribution in [0.15, 0.2) is 17.0 Å². The second kappa shape index (κ2) is 5.14. The second-order valence-electron chi connectivity index (χ2n) is 4.20. The number of halogens is 1. The first-order chi connectivity index (χ1) is 7.80. The summed E-state index contributed by atoms with van der Waals surface area (Å²) >= 11 is 0. The maximum absolute atomic E-state index is 13.1. The van der Waals surface area contributed by atoms with Crippen LogP contribution in [-0.2, 0) is 10.0 Å². The van der Waals surface area contributed by atoms with E-state index in [-0.39, 0.29) is 4.90 Å². The van der Waals surface area contributed by atoms with Crippen molar-refractivity contribution in [3.8, 4) is 0 Å². The minimum atomic E-state index is -3.51. The summed E-state index contributed by atoms with van der Waals surface area (Å²) in [6.07, 6.45) is 0.745. The number of hydrogen-bond donors (Lipinski definition) is 0. The Labute approximate surface area is 102 Å². The summed E-state index contributed by atoms with van der Waals surface area (Å²) in [5, 5.41) is 0. The van der Waals surface area contributed by atoms with Crippen LogP contribution in [0.1, 0.15) is 24.5 Å². The molecule has 1 aromatic carbocycles. The van der Waals surface area contributed by atoms with Crippen LogP contribution in [0.5, 0.6) is 0 Å². The van der Waals surface area contributed by atoms with E-state index < -0.39 is 15.8 Å².